The average Bonchev–Trinajstić information content (AvgIpc) is 1.91. The van der Waals surface area contributed by atoms with E-state index in [1.165, 1.54) is 0 Å². The minimum Gasteiger partial charge on any atom is -0.502 e. The Morgan fingerprint density at radius 2 is 1.57 bits per heavy atom. The maximum Gasteiger partial charge on any atom is 0.196 e. The maximum absolute atomic E-state index is 8.42. The van der Waals surface area contributed by atoms with Crippen LogP contribution in [0.15, 0.2) is 16.9 Å². The molecule has 0 bridgehead atoms. The van der Waals surface area contributed by atoms with E-state index in [0.717, 1.165) is 12.5 Å². The van der Waals surface area contributed by atoms with Crippen molar-refractivity contribution in [3.63, 3.8) is 0 Å². The molecule has 0 aliphatic carbocycles. The summed E-state index contributed by atoms with van der Waals surface area (Å²) in [5, 5.41) is 16.8. The Kier molecular flexibility index (Phi) is 0.685. The molecule has 0 amide bonds. The van der Waals surface area contributed by atoms with Gasteiger partial charge in [0, 0.05) is 0 Å². The smallest absolute Gasteiger partial charge is 0.196 e. The molecule has 1 heterocycles. The lowest BCUT2D eigenvalue weighted by molar-refractivity contribution is 0.407. The summed E-state index contributed by atoms with van der Waals surface area (Å²) < 4.78 is 4.34. The quantitative estimate of drug-likeness (QED) is 0.504. The highest BCUT2D eigenvalue weighted by Gasteiger charge is 1.95. The molecule has 1 aromatic heterocycles. The van der Waals surface area contributed by atoms with E-state index < -0.39 is 0 Å². The number of hydrogen-bond donors (Lipinski definition) is 2. The third-order valence-corrected chi connectivity index (χ3v) is 0.622. The van der Waals surface area contributed by atoms with Crippen molar-refractivity contribution in [2.24, 2.45) is 0 Å². The van der Waals surface area contributed by atoms with Gasteiger partial charge in [-0.25, -0.2) is 0 Å². The summed E-state index contributed by atoms with van der Waals surface area (Å²) >= 11 is 0. The normalized spacial score (nSPS) is 9.14. The first-order valence-corrected chi connectivity index (χ1v) is 1.75. The van der Waals surface area contributed by atoms with Crippen LogP contribution in [0.25, 0.3) is 0 Å². The van der Waals surface area contributed by atoms with Gasteiger partial charge in [-0.2, -0.15) is 0 Å². The molecule has 0 unspecified atom stereocenters. The molecule has 0 spiro atoms. The molecule has 0 aliphatic rings. The highest BCUT2D eigenvalue weighted by atomic mass is 16.4. The van der Waals surface area contributed by atoms with E-state index in [4.69, 9.17) is 10.2 Å². The summed E-state index contributed by atoms with van der Waals surface area (Å²) in [5.41, 5.74) is 0. The molecule has 3 nitrogen and oxygen atoms in total. The lowest BCUT2D eigenvalue weighted by atomic mass is 10.6. The van der Waals surface area contributed by atoms with E-state index >= 15 is 0 Å². The van der Waals surface area contributed by atoms with Crippen LogP contribution in [0.3, 0.4) is 0 Å². The zero-order valence-corrected chi connectivity index (χ0v) is 3.46. The number of aromatic hydroxyl groups is 2. The summed E-state index contributed by atoms with van der Waals surface area (Å²) in [7, 11) is 0. The summed E-state index contributed by atoms with van der Waals surface area (Å²) in [6, 6.07) is 0. The van der Waals surface area contributed by atoms with Gasteiger partial charge in [0.05, 0.1) is 0 Å². The van der Waals surface area contributed by atoms with Crippen LogP contribution < -0.4 is 0 Å². The average molecular weight is 100 g/mol. The Morgan fingerprint density at radius 1 is 1.14 bits per heavy atom. The lowest BCUT2D eigenvalue weighted by Gasteiger charge is -1.76. The fourth-order valence-corrected chi connectivity index (χ4v) is 0.284. The zero-order valence-electron chi connectivity index (χ0n) is 3.46. The van der Waals surface area contributed by atoms with Crippen LogP contribution in [0.5, 0.6) is 11.5 Å². The van der Waals surface area contributed by atoms with E-state index in [2.05, 4.69) is 4.42 Å². The van der Waals surface area contributed by atoms with E-state index in [0.29, 0.717) is 0 Å². The summed E-state index contributed by atoms with van der Waals surface area (Å²) in [6.07, 6.45) is 2.10. The molecule has 3 heteroatoms. The zero-order chi connectivity index (χ0) is 5.28. The Bertz CT molecular complexity index is 139. The van der Waals surface area contributed by atoms with E-state index in [1.54, 1.807) is 0 Å². The van der Waals surface area contributed by atoms with Crippen LogP contribution in [0.2, 0.25) is 0 Å². The van der Waals surface area contributed by atoms with Gasteiger partial charge in [-0.15, -0.1) is 0 Å². The van der Waals surface area contributed by atoms with Crippen LogP contribution in [0.4, 0.5) is 0 Å². The minimum atomic E-state index is -0.222. The van der Waals surface area contributed by atoms with E-state index in [9.17, 15) is 0 Å². The number of rotatable bonds is 0. The molecule has 0 atom stereocenters. The SMILES string of the molecule is Oc1cocc1O. The van der Waals surface area contributed by atoms with Crippen LogP contribution in [-0.2, 0) is 0 Å². The first-order valence-electron chi connectivity index (χ1n) is 1.75. The molecule has 0 saturated carbocycles. The number of furan rings is 1. The Labute approximate surface area is 39.8 Å². The van der Waals surface area contributed by atoms with Gasteiger partial charge < -0.3 is 14.6 Å². The second kappa shape index (κ2) is 1.18. The van der Waals surface area contributed by atoms with Crippen molar-refractivity contribution in [2.45, 2.75) is 0 Å². The van der Waals surface area contributed by atoms with Crippen molar-refractivity contribution in [3.8, 4) is 11.5 Å². The molecule has 0 aliphatic heterocycles. The number of hydrogen-bond acceptors (Lipinski definition) is 3. The predicted octanol–water partition coefficient (Wildman–Crippen LogP) is 0.691. The molecule has 0 saturated heterocycles. The van der Waals surface area contributed by atoms with Gasteiger partial charge in [0.1, 0.15) is 12.5 Å². The standard InChI is InChI=1S/C4H4O3/c5-3-1-7-2-4(3)6/h1-2,5-6H. The van der Waals surface area contributed by atoms with Crippen LogP contribution >= 0.6 is 0 Å². The maximum atomic E-state index is 8.42. The monoisotopic (exact) mass is 100 g/mol. The molecular formula is C4H4O3. The molecule has 2 N–H and O–H groups in total. The molecular weight excluding hydrogens is 96.0 g/mol. The van der Waals surface area contributed by atoms with Crippen LogP contribution in [0, 0.1) is 0 Å². The lowest BCUT2D eigenvalue weighted by Crippen LogP contribution is -1.50. The summed E-state index contributed by atoms with van der Waals surface area (Å²) in [5.74, 6) is -0.444. The third kappa shape index (κ3) is 0.513. The second-order valence-corrected chi connectivity index (χ2v) is 1.14. The van der Waals surface area contributed by atoms with Crippen LogP contribution in [0.1, 0.15) is 0 Å². The molecule has 0 radical (unpaired) electrons. The van der Waals surface area contributed by atoms with Crippen molar-refractivity contribution in [1.82, 2.24) is 0 Å². The van der Waals surface area contributed by atoms with Gasteiger partial charge in [0.25, 0.3) is 0 Å². The second-order valence-electron chi connectivity index (χ2n) is 1.14. The predicted molar refractivity (Wildman–Crippen MR) is 22.0 cm³/mol. The van der Waals surface area contributed by atoms with Crippen LogP contribution in [-0.4, -0.2) is 10.2 Å². The molecule has 38 valence electrons. The Balaban J connectivity index is 3.12. The van der Waals surface area contributed by atoms with Crippen molar-refractivity contribution >= 4 is 0 Å². The van der Waals surface area contributed by atoms with Crippen molar-refractivity contribution in [3.05, 3.63) is 12.5 Å². The molecule has 1 rings (SSSR count). The van der Waals surface area contributed by atoms with Gasteiger partial charge in [0.2, 0.25) is 0 Å². The largest absolute Gasteiger partial charge is 0.502 e. The van der Waals surface area contributed by atoms with Gasteiger partial charge >= 0.3 is 0 Å². The first kappa shape index (κ1) is 4.05. The van der Waals surface area contributed by atoms with E-state index in [-0.39, 0.29) is 11.5 Å². The van der Waals surface area contributed by atoms with Crippen molar-refractivity contribution in [1.29, 1.82) is 0 Å². The molecule has 0 aromatic carbocycles. The van der Waals surface area contributed by atoms with Gasteiger partial charge in [-0.3, -0.25) is 0 Å². The van der Waals surface area contributed by atoms with Crippen molar-refractivity contribution < 1.29 is 14.6 Å². The van der Waals surface area contributed by atoms with Gasteiger partial charge in [-0.1, -0.05) is 0 Å². The van der Waals surface area contributed by atoms with E-state index in [1.807, 2.05) is 0 Å². The summed E-state index contributed by atoms with van der Waals surface area (Å²) in [6.45, 7) is 0. The fraction of sp³-hybridized carbons (Fsp3) is 0. The first-order chi connectivity index (χ1) is 3.30. The van der Waals surface area contributed by atoms with Gasteiger partial charge in [-0.05, 0) is 0 Å². The molecule has 7 heavy (non-hydrogen) atoms. The van der Waals surface area contributed by atoms with Gasteiger partial charge in [0.15, 0.2) is 11.5 Å². The third-order valence-electron chi connectivity index (χ3n) is 0.622. The fourth-order valence-electron chi connectivity index (χ4n) is 0.284. The topological polar surface area (TPSA) is 53.6 Å². The molecule has 0 fully saturated rings. The summed E-state index contributed by atoms with van der Waals surface area (Å²) in [4.78, 5) is 0. The Hall–Kier alpha value is -1.12. The highest BCUT2D eigenvalue weighted by molar-refractivity contribution is 5.30. The molecule has 1 aromatic rings. The highest BCUT2D eigenvalue weighted by Crippen LogP contribution is 2.23. The van der Waals surface area contributed by atoms with Crippen molar-refractivity contribution in [2.75, 3.05) is 0 Å². The minimum absolute atomic E-state index is 0.222. The Morgan fingerprint density at radius 3 is 1.71 bits per heavy atom.